The fourth-order valence-corrected chi connectivity index (χ4v) is 3.12. The maximum atomic E-state index is 12.3. The van der Waals surface area contributed by atoms with E-state index in [1.54, 1.807) is 20.8 Å². The van der Waals surface area contributed by atoms with Crippen LogP contribution in [-0.2, 0) is 28.8 Å². The first-order chi connectivity index (χ1) is 16.1. The zero-order valence-electron chi connectivity index (χ0n) is 20.9. The molecule has 0 aliphatic carbocycles. The molecule has 194 valence electrons. The molecule has 0 aromatic carbocycles. The van der Waals surface area contributed by atoms with Crippen molar-refractivity contribution in [2.24, 2.45) is 5.73 Å². The lowest BCUT2D eigenvalue weighted by Gasteiger charge is -2.24. The lowest BCUT2D eigenvalue weighted by molar-refractivity contribution is -0.137. The highest BCUT2D eigenvalue weighted by Gasteiger charge is 2.18. The SMILES string of the molecule is CCCN(CC(=O)NCCN(CC(=O)NCCN(CC(N)=O)C(=O)CC)C(=O)CC)C(=O)CC. The molecule has 34 heavy (non-hydrogen) atoms. The summed E-state index contributed by atoms with van der Waals surface area (Å²) < 4.78 is 0. The molecule has 0 unspecified atom stereocenters. The van der Waals surface area contributed by atoms with Crippen LogP contribution in [0.1, 0.15) is 53.4 Å². The van der Waals surface area contributed by atoms with Crippen molar-refractivity contribution in [3.05, 3.63) is 0 Å². The molecule has 0 aromatic heterocycles. The van der Waals surface area contributed by atoms with Gasteiger partial charge in [0.2, 0.25) is 35.4 Å². The van der Waals surface area contributed by atoms with Gasteiger partial charge in [0.25, 0.3) is 0 Å². The maximum absolute atomic E-state index is 12.3. The number of carbonyl (C=O) groups excluding carboxylic acids is 6. The third-order valence-corrected chi connectivity index (χ3v) is 4.88. The van der Waals surface area contributed by atoms with Crippen LogP contribution in [0.15, 0.2) is 0 Å². The van der Waals surface area contributed by atoms with Crippen molar-refractivity contribution in [3.8, 4) is 0 Å². The minimum absolute atomic E-state index is 0.0546. The number of hydrogen-bond donors (Lipinski definition) is 3. The van der Waals surface area contributed by atoms with Crippen LogP contribution in [0, 0.1) is 0 Å². The van der Waals surface area contributed by atoms with E-state index in [2.05, 4.69) is 10.6 Å². The van der Waals surface area contributed by atoms with Gasteiger partial charge in [-0.25, -0.2) is 0 Å². The minimum Gasteiger partial charge on any atom is -0.368 e. The summed E-state index contributed by atoms with van der Waals surface area (Å²) in [5.74, 6) is -2.03. The summed E-state index contributed by atoms with van der Waals surface area (Å²) >= 11 is 0. The summed E-state index contributed by atoms with van der Waals surface area (Å²) in [6.07, 6.45) is 1.44. The van der Waals surface area contributed by atoms with E-state index in [0.717, 1.165) is 6.42 Å². The molecule has 0 aliphatic heterocycles. The van der Waals surface area contributed by atoms with E-state index < -0.39 is 11.8 Å². The average Bonchev–Trinajstić information content (AvgIpc) is 2.80. The second-order valence-electron chi connectivity index (χ2n) is 7.67. The first-order valence-electron chi connectivity index (χ1n) is 11.7. The van der Waals surface area contributed by atoms with Crippen LogP contribution in [0.4, 0.5) is 0 Å². The molecule has 0 atom stereocenters. The lowest BCUT2D eigenvalue weighted by Crippen LogP contribution is -2.47. The molecule has 0 saturated heterocycles. The molecule has 0 radical (unpaired) electrons. The van der Waals surface area contributed by atoms with Gasteiger partial charge < -0.3 is 31.1 Å². The summed E-state index contributed by atoms with van der Waals surface area (Å²) in [5.41, 5.74) is 5.15. The van der Waals surface area contributed by atoms with Crippen LogP contribution in [0.2, 0.25) is 0 Å². The van der Waals surface area contributed by atoms with Crippen molar-refractivity contribution in [1.82, 2.24) is 25.3 Å². The summed E-state index contributed by atoms with van der Waals surface area (Å²) in [4.78, 5) is 75.7. The second kappa shape index (κ2) is 17.3. The van der Waals surface area contributed by atoms with Crippen molar-refractivity contribution in [3.63, 3.8) is 0 Å². The number of nitrogens with two attached hydrogens (primary N) is 1. The normalized spacial score (nSPS) is 10.2. The molecule has 0 fully saturated rings. The molecule has 12 heteroatoms. The van der Waals surface area contributed by atoms with Gasteiger partial charge in [-0.3, -0.25) is 28.8 Å². The van der Waals surface area contributed by atoms with E-state index in [0.29, 0.717) is 13.0 Å². The van der Waals surface area contributed by atoms with Gasteiger partial charge in [0, 0.05) is 52.0 Å². The van der Waals surface area contributed by atoms with Gasteiger partial charge in [0.05, 0.1) is 19.6 Å². The van der Waals surface area contributed by atoms with Gasteiger partial charge in [-0.05, 0) is 6.42 Å². The zero-order chi connectivity index (χ0) is 26.1. The standard InChI is InChI=1S/C22H40N6O6/c1-5-11-26(20(32)6-2)15-18(30)25-10-13-28(22(34)8-4)16-19(31)24-9-12-27(14-17(23)29)21(33)7-3/h5-16H2,1-4H3,(H2,23,29)(H,24,31)(H,25,30). The molecule has 12 nitrogen and oxygen atoms in total. The van der Waals surface area contributed by atoms with Gasteiger partial charge in [-0.1, -0.05) is 27.7 Å². The van der Waals surface area contributed by atoms with Gasteiger partial charge in [0.15, 0.2) is 0 Å². The highest BCUT2D eigenvalue weighted by molar-refractivity contribution is 5.86. The van der Waals surface area contributed by atoms with Crippen molar-refractivity contribution >= 4 is 35.4 Å². The first-order valence-corrected chi connectivity index (χ1v) is 11.7. The number of amides is 6. The van der Waals surface area contributed by atoms with Gasteiger partial charge in [-0.15, -0.1) is 0 Å². The quantitative estimate of drug-likeness (QED) is 0.236. The largest absolute Gasteiger partial charge is 0.368 e. The fourth-order valence-electron chi connectivity index (χ4n) is 3.12. The Morgan fingerprint density at radius 2 is 0.941 bits per heavy atom. The first kappa shape index (κ1) is 30.8. The number of rotatable bonds is 17. The van der Waals surface area contributed by atoms with Crippen LogP contribution in [0.25, 0.3) is 0 Å². The fraction of sp³-hybridized carbons (Fsp3) is 0.727. The van der Waals surface area contributed by atoms with E-state index in [1.807, 2.05) is 6.92 Å². The molecule has 0 aromatic rings. The number of hydrogen-bond acceptors (Lipinski definition) is 6. The highest BCUT2D eigenvalue weighted by atomic mass is 16.2. The Labute approximate surface area is 201 Å². The molecule has 0 heterocycles. The molecule has 6 amide bonds. The van der Waals surface area contributed by atoms with Crippen molar-refractivity contribution in [2.75, 3.05) is 52.4 Å². The topological polar surface area (TPSA) is 162 Å². The smallest absolute Gasteiger partial charge is 0.239 e. The molecular weight excluding hydrogens is 444 g/mol. The Balaban J connectivity index is 4.67. The van der Waals surface area contributed by atoms with Crippen LogP contribution >= 0.6 is 0 Å². The Kier molecular flexibility index (Phi) is 15.7. The van der Waals surface area contributed by atoms with Crippen molar-refractivity contribution < 1.29 is 28.8 Å². The predicted molar refractivity (Wildman–Crippen MR) is 126 cm³/mol. The van der Waals surface area contributed by atoms with E-state index in [-0.39, 0.29) is 82.3 Å². The summed E-state index contributed by atoms with van der Waals surface area (Å²) in [5, 5.41) is 5.30. The predicted octanol–water partition coefficient (Wildman–Crippen LogP) is -1.17. The van der Waals surface area contributed by atoms with Crippen molar-refractivity contribution in [2.45, 2.75) is 53.4 Å². The molecular formula is C22H40N6O6. The number of primary amides is 1. The highest BCUT2D eigenvalue weighted by Crippen LogP contribution is 1.98. The molecule has 0 rings (SSSR count). The monoisotopic (exact) mass is 484 g/mol. The van der Waals surface area contributed by atoms with Gasteiger partial charge in [0.1, 0.15) is 0 Å². The van der Waals surface area contributed by atoms with E-state index in [9.17, 15) is 28.8 Å². The lowest BCUT2D eigenvalue weighted by atomic mass is 10.3. The Morgan fingerprint density at radius 3 is 1.26 bits per heavy atom. The van der Waals surface area contributed by atoms with E-state index in [4.69, 9.17) is 5.73 Å². The molecule has 0 aliphatic rings. The van der Waals surface area contributed by atoms with Crippen LogP contribution in [0.5, 0.6) is 0 Å². The number of carbonyl (C=O) groups is 6. The number of nitrogens with zero attached hydrogens (tertiary/aromatic N) is 3. The van der Waals surface area contributed by atoms with Crippen LogP contribution < -0.4 is 16.4 Å². The summed E-state index contributed by atoms with van der Waals surface area (Å²) in [6.45, 7) is 7.45. The van der Waals surface area contributed by atoms with Crippen molar-refractivity contribution in [1.29, 1.82) is 0 Å². The Bertz CT molecular complexity index is 714. The third kappa shape index (κ3) is 12.8. The average molecular weight is 485 g/mol. The van der Waals surface area contributed by atoms with Gasteiger partial charge in [-0.2, -0.15) is 0 Å². The minimum atomic E-state index is -0.647. The van der Waals surface area contributed by atoms with Crippen LogP contribution in [0.3, 0.4) is 0 Å². The van der Waals surface area contributed by atoms with Crippen LogP contribution in [-0.4, -0.2) is 103 Å². The molecule has 0 spiro atoms. The van der Waals surface area contributed by atoms with E-state index >= 15 is 0 Å². The Hall–Kier alpha value is -3.18. The summed E-state index contributed by atoms with van der Waals surface area (Å²) in [6, 6.07) is 0. The zero-order valence-corrected chi connectivity index (χ0v) is 20.9. The van der Waals surface area contributed by atoms with E-state index in [1.165, 1.54) is 14.7 Å². The maximum Gasteiger partial charge on any atom is 0.239 e. The molecule has 0 saturated carbocycles. The van der Waals surface area contributed by atoms with Gasteiger partial charge >= 0.3 is 0 Å². The molecule has 4 N–H and O–H groups in total. The molecule has 0 bridgehead atoms. The number of nitrogens with one attached hydrogen (secondary N) is 2. The summed E-state index contributed by atoms with van der Waals surface area (Å²) in [7, 11) is 0. The third-order valence-electron chi connectivity index (χ3n) is 4.88. The Morgan fingerprint density at radius 1 is 0.588 bits per heavy atom. The second-order valence-corrected chi connectivity index (χ2v) is 7.67.